The van der Waals surface area contributed by atoms with Crippen molar-refractivity contribution in [1.82, 2.24) is 4.90 Å². The molecular weight excluding hydrogens is 340 g/mol. The predicted octanol–water partition coefficient (Wildman–Crippen LogP) is 1.45. The molecule has 0 bridgehead atoms. The summed E-state index contributed by atoms with van der Waals surface area (Å²) in [6.07, 6.45) is 2.19. The minimum atomic E-state index is -0.567. The fraction of sp³-hybridized carbons (Fsp3) is 0.333. The van der Waals surface area contributed by atoms with E-state index in [-0.39, 0.29) is 11.3 Å². The Kier molecular flexibility index (Phi) is 5.06. The van der Waals surface area contributed by atoms with Crippen molar-refractivity contribution in [1.29, 1.82) is 0 Å². The van der Waals surface area contributed by atoms with Gasteiger partial charge in [0.05, 0.1) is 38.5 Å². The number of Topliss-reactive ketones (excluding diaryl/α,β-unsaturated/α-hetero) is 1. The molecule has 132 valence electrons. The molecule has 0 unspecified atom stereocenters. The van der Waals surface area contributed by atoms with Gasteiger partial charge in [-0.05, 0) is 23.6 Å². The Morgan fingerprint density at radius 3 is 2.76 bits per heavy atom. The van der Waals surface area contributed by atoms with Crippen molar-refractivity contribution in [3.63, 3.8) is 0 Å². The number of aliphatic hydroxyl groups is 1. The number of carbonyl (C=O) groups is 2. The van der Waals surface area contributed by atoms with Gasteiger partial charge < -0.3 is 19.3 Å². The van der Waals surface area contributed by atoms with E-state index in [0.29, 0.717) is 6.54 Å². The fourth-order valence-corrected chi connectivity index (χ4v) is 3.85. The van der Waals surface area contributed by atoms with Gasteiger partial charge in [0, 0.05) is 17.8 Å². The second-order valence-corrected chi connectivity index (χ2v) is 7.28. The monoisotopic (exact) mass is 361 g/mol. The average Bonchev–Trinajstić information content (AvgIpc) is 3.31. The molecule has 2 aromatic rings. The first kappa shape index (κ1) is 17.4. The zero-order valence-electron chi connectivity index (χ0n) is 14.2. The first-order valence-corrected chi connectivity index (χ1v) is 9.03. The van der Waals surface area contributed by atoms with Crippen LogP contribution in [0.4, 0.5) is 0 Å². The third-order valence-electron chi connectivity index (χ3n) is 4.18. The molecule has 0 fully saturated rings. The fourth-order valence-electron chi connectivity index (χ4n) is 3.00. The van der Waals surface area contributed by atoms with Crippen molar-refractivity contribution in [3.05, 3.63) is 57.9 Å². The molecule has 2 N–H and O–H groups in total. The molecule has 0 aromatic carbocycles. The van der Waals surface area contributed by atoms with Gasteiger partial charge in [0.15, 0.2) is 11.5 Å². The molecule has 0 aliphatic carbocycles. The molecule has 0 radical (unpaired) electrons. The Morgan fingerprint density at radius 2 is 2.16 bits per heavy atom. The summed E-state index contributed by atoms with van der Waals surface area (Å²) in [4.78, 5) is 29.1. The van der Waals surface area contributed by atoms with E-state index in [0.717, 1.165) is 17.8 Å². The van der Waals surface area contributed by atoms with Crippen LogP contribution in [0.3, 0.4) is 0 Å². The number of nitrogens with one attached hydrogen (secondary N) is 1. The van der Waals surface area contributed by atoms with E-state index in [2.05, 4.69) is 0 Å². The van der Waals surface area contributed by atoms with Crippen LogP contribution in [0.25, 0.3) is 0 Å². The van der Waals surface area contributed by atoms with Crippen LogP contribution in [0.5, 0.6) is 0 Å². The molecule has 0 spiro atoms. The van der Waals surface area contributed by atoms with Crippen LogP contribution in [0.1, 0.15) is 27.9 Å². The first-order chi connectivity index (χ1) is 12.0. The van der Waals surface area contributed by atoms with Gasteiger partial charge in [0.2, 0.25) is 5.78 Å². The SMILES string of the molecule is C[NH+](C)CCCN1C(=O)C(O)=C(C(=O)c2ccco2)[C@@H]1c1cccs1. The standard InChI is InChI=1S/C18H20N2O4S/c1-19(2)8-5-9-20-15(13-7-4-11-25-13)14(17(22)18(20)23)16(21)12-6-3-10-24-12/h3-4,6-7,10-11,15,22H,5,8-9H2,1-2H3/p+1/t15-/m0/s1. The van der Waals surface area contributed by atoms with Gasteiger partial charge in [-0.25, -0.2) is 0 Å². The van der Waals surface area contributed by atoms with Crippen LogP contribution in [0, 0.1) is 0 Å². The number of furan rings is 1. The molecule has 1 aliphatic rings. The molecule has 0 saturated carbocycles. The summed E-state index contributed by atoms with van der Waals surface area (Å²) in [7, 11) is 4.09. The number of amides is 1. The van der Waals surface area contributed by atoms with Crippen LogP contribution in [-0.2, 0) is 4.79 Å². The van der Waals surface area contributed by atoms with Gasteiger partial charge in [-0.2, -0.15) is 0 Å². The molecule has 1 aliphatic heterocycles. The van der Waals surface area contributed by atoms with Crippen molar-refractivity contribution in [2.45, 2.75) is 12.5 Å². The summed E-state index contributed by atoms with van der Waals surface area (Å²) >= 11 is 1.46. The van der Waals surface area contributed by atoms with E-state index in [4.69, 9.17) is 4.42 Å². The normalized spacial score (nSPS) is 17.8. The van der Waals surface area contributed by atoms with Crippen LogP contribution in [0.15, 0.2) is 51.7 Å². The molecule has 1 atom stereocenters. The molecule has 7 heteroatoms. The minimum Gasteiger partial charge on any atom is -0.503 e. The third-order valence-corrected chi connectivity index (χ3v) is 5.11. The van der Waals surface area contributed by atoms with Crippen molar-refractivity contribution >= 4 is 23.0 Å². The van der Waals surface area contributed by atoms with Gasteiger partial charge in [-0.1, -0.05) is 6.07 Å². The van der Waals surface area contributed by atoms with E-state index in [1.807, 2.05) is 31.6 Å². The number of nitrogens with zero attached hydrogens (tertiary/aromatic N) is 1. The molecular formula is C18H21N2O4S+. The van der Waals surface area contributed by atoms with Crippen molar-refractivity contribution in [2.24, 2.45) is 0 Å². The average molecular weight is 361 g/mol. The third kappa shape index (κ3) is 3.38. The number of aliphatic hydroxyl groups excluding tert-OH is 1. The smallest absolute Gasteiger partial charge is 0.290 e. The topological polar surface area (TPSA) is 75.2 Å². The van der Waals surface area contributed by atoms with E-state index in [1.165, 1.54) is 28.6 Å². The first-order valence-electron chi connectivity index (χ1n) is 8.15. The summed E-state index contributed by atoms with van der Waals surface area (Å²) in [6, 6.07) is 6.33. The lowest BCUT2D eigenvalue weighted by Crippen LogP contribution is -3.05. The second-order valence-electron chi connectivity index (χ2n) is 6.30. The van der Waals surface area contributed by atoms with Crippen LogP contribution in [0.2, 0.25) is 0 Å². The van der Waals surface area contributed by atoms with Gasteiger partial charge in [-0.3, -0.25) is 9.59 Å². The summed E-state index contributed by atoms with van der Waals surface area (Å²) in [6.45, 7) is 1.37. The molecule has 3 heterocycles. The van der Waals surface area contributed by atoms with Crippen molar-refractivity contribution in [2.75, 3.05) is 27.2 Å². The maximum atomic E-state index is 12.8. The Labute approximate surface area is 150 Å². The predicted molar refractivity (Wildman–Crippen MR) is 93.8 cm³/mol. The molecule has 3 rings (SSSR count). The maximum absolute atomic E-state index is 12.8. The molecule has 25 heavy (non-hydrogen) atoms. The van der Waals surface area contributed by atoms with Crippen molar-refractivity contribution < 1.29 is 24.0 Å². The summed E-state index contributed by atoms with van der Waals surface area (Å²) < 4.78 is 5.18. The highest BCUT2D eigenvalue weighted by atomic mass is 32.1. The molecule has 6 nitrogen and oxygen atoms in total. The number of thiophene rings is 1. The van der Waals surface area contributed by atoms with Gasteiger partial charge in [-0.15, -0.1) is 11.3 Å². The summed E-state index contributed by atoms with van der Waals surface area (Å²) in [5.74, 6) is -1.30. The van der Waals surface area contributed by atoms with Crippen LogP contribution >= 0.6 is 11.3 Å². The summed E-state index contributed by atoms with van der Waals surface area (Å²) in [5, 5.41) is 12.3. The van der Waals surface area contributed by atoms with E-state index >= 15 is 0 Å². The lowest BCUT2D eigenvalue weighted by molar-refractivity contribution is -0.858. The lowest BCUT2D eigenvalue weighted by atomic mass is 10.0. The Morgan fingerprint density at radius 1 is 1.36 bits per heavy atom. The zero-order chi connectivity index (χ0) is 18.0. The van der Waals surface area contributed by atoms with Gasteiger partial charge >= 0.3 is 0 Å². The Balaban J connectivity index is 1.94. The second kappa shape index (κ2) is 7.25. The van der Waals surface area contributed by atoms with Crippen LogP contribution in [-0.4, -0.2) is 48.9 Å². The number of hydrogen-bond acceptors (Lipinski definition) is 5. The molecule has 1 amide bonds. The lowest BCUT2D eigenvalue weighted by Gasteiger charge is -2.25. The zero-order valence-corrected chi connectivity index (χ0v) is 15.0. The number of carbonyl (C=O) groups excluding carboxylic acids is 2. The largest absolute Gasteiger partial charge is 0.503 e. The van der Waals surface area contributed by atoms with E-state index < -0.39 is 23.5 Å². The Hall–Kier alpha value is -2.38. The Bertz CT molecular complexity index is 778. The van der Waals surface area contributed by atoms with E-state index in [1.54, 1.807) is 11.0 Å². The van der Waals surface area contributed by atoms with Gasteiger partial charge in [0.1, 0.15) is 0 Å². The maximum Gasteiger partial charge on any atom is 0.290 e. The minimum absolute atomic E-state index is 0.0969. The number of quaternary nitrogens is 1. The molecule has 2 aromatic heterocycles. The number of hydrogen-bond donors (Lipinski definition) is 2. The number of ketones is 1. The number of rotatable bonds is 7. The highest BCUT2D eigenvalue weighted by Gasteiger charge is 2.44. The highest BCUT2D eigenvalue weighted by Crippen LogP contribution is 2.40. The van der Waals surface area contributed by atoms with Crippen molar-refractivity contribution in [3.8, 4) is 0 Å². The highest BCUT2D eigenvalue weighted by molar-refractivity contribution is 7.10. The van der Waals surface area contributed by atoms with E-state index in [9.17, 15) is 14.7 Å². The summed E-state index contributed by atoms with van der Waals surface area (Å²) in [5.41, 5.74) is 0.0969. The van der Waals surface area contributed by atoms with Crippen LogP contribution < -0.4 is 4.90 Å². The quantitative estimate of drug-likeness (QED) is 0.732. The van der Waals surface area contributed by atoms with Gasteiger partial charge in [0.25, 0.3) is 5.91 Å². The molecule has 0 saturated heterocycles.